The van der Waals surface area contributed by atoms with Crippen molar-refractivity contribution in [2.24, 2.45) is 29.6 Å². The average Bonchev–Trinajstić information content (AvgIpc) is 3.55. The minimum Gasteiger partial charge on any atom is -0.462 e. The Hall–Kier alpha value is -0.553. The van der Waals surface area contributed by atoms with Gasteiger partial charge in [0.1, 0.15) is 12.9 Å². The number of hydrogen-bond acceptors (Lipinski definition) is 8. The van der Waals surface area contributed by atoms with Gasteiger partial charge in [-0.15, -0.1) is 0 Å². The van der Waals surface area contributed by atoms with Gasteiger partial charge >= 0.3 is 5.97 Å². The first-order chi connectivity index (χ1) is 18.0. The summed E-state index contributed by atoms with van der Waals surface area (Å²) in [6.45, 7) is 16.4. The lowest BCUT2D eigenvalue weighted by Crippen LogP contribution is -2.47. The second kappa shape index (κ2) is 13.0. The standard InChI is InChI=1S/C29H52O8Si/c1-19(8-11-26-33-14-15-34-26)27-22-17-25(37-38(6,7)29(2,3)4)20-9-10-23(35-18-32-13-12-31-5)21(20)16-24(22)36-28(27)30/h19-27H,8-18H2,1-7H3/t19-,20+,21+,22-,23-,24+,25-,27+/m0/s1. The lowest BCUT2D eigenvalue weighted by Gasteiger charge is -2.42. The molecule has 0 radical (unpaired) electrons. The molecule has 9 heteroatoms. The average molecular weight is 557 g/mol. The highest BCUT2D eigenvalue weighted by Gasteiger charge is 2.56. The molecule has 8 atom stereocenters. The molecule has 220 valence electrons. The molecule has 0 aromatic heterocycles. The van der Waals surface area contributed by atoms with E-state index in [9.17, 15) is 4.79 Å². The van der Waals surface area contributed by atoms with Crippen molar-refractivity contribution < 1.29 is 37.6 Å². The van der Waals surface area contributed by atoms with Gasteiger partial charge < -0.3 is 32.8 Å². The van der Waals surface area contributed by atoms with Gasteiger partial charge in [-0.25, -0.2) is 0 Å². The maximum Gasteiger partial charge on any atom is 0.309 e. The number of carbonyl (C=O) groups excluding carboxylic acids is 1. The quantitative estimate of drug-likeness (QED) is 0.141. The van der Waals surface area contributed by atoms with E-state index in [1.807, 2.05) is 0 Å². The van der Waals surface area contributed by atoms with E-state index in [0.29, 0.717) is 38.3 Å². The van der Waals surface area contributed by atoms with Crippen LogP contribution in [0, 0.1) is 29.6 Å². The summed E-state index contributed by atoms with van der Waals surface area (Å²) >= 11 is 0. The Labute approximate surface area is 230 Å². The van der Waals surface area contributed by atoms with Crippen molar-refractivity contribution in [1.82, 2.24) is 0 Å². The Bertz CT molecular complexity index is 764. The van der Waals surface area contributed by atoms with E-state index >= 15 is 0 Å². The molecule has 0 unspecified atom stereocenters. The van der Waals surface area contributed by atoms with Crippen LogP contribution < -0.4 is 0 Å². The predicted molar refractivity (Wildman–Crippen MR) is 146 cm³/mol. The molecule has 0 bridgehead atoms. The van der Waals surface area contributed by atoms with Crippen LogP contribution in [0.4, 0.5) is 0 Å². The fourth-order valence-electron chi connectivity index (χ4n) is 6.84. The number of fused-ring (bicyclic) bond motifs is 2. The number of rotatable bonds is 12. The molecule has 2 aliphatic carbocycles. The first-order valence-electron chi connectivity index (χ1n) is 14.8. The Morgan fingerprint density at radius 2 is 1.74 bits per heavy atom. The highest BCUT2D eigenvalue weighted by molar-refractivity contribution is 6.74. The molecule has 4 aliphatic rings. The second-order valence-electron chi connectivity index (χ2n) is 13.4. The van der Waals surface area contributed by atoms with E-state index in [-0.39, 0.29) is 60.2 Å². The third kappa shape index (κ3) is 7.01. The van der Waals surface area contributed by atoms with E-state index in [1.54, 1.807) is 7.11 Å². The van der Waals surface area contributed by atoms with Crippen LogP contribution in [-0.2, 0) is 37.6 Å². The number of methoxy groups -OCH3 is 1. The topological polar surface area (TPSA) is 81.7 Å². The summed E-state index contributed by atoms with van der Waals surface area (Å²) in [6, 6.07) is 0. The van der Waals surface area contributed by atoms with Crippen molar-refractivity contribution in [2.75, 3.05) is 40.3 Å². The first-order valence-corrected chi connectivity index (χ1v) is 17.7. The smallest absolute Gasteiger partial charge is 0.309 e. The Morgan fingerprint density at radius 3 is 2.42 bits per heavy atom. The largest absolute Gasteiger partial charge is 0.462 e. The molecule has 0 spiro atoms. The van der Waals surface area contributed by atoms with Gasteiger partial charge in [0, 0.05) is 19.1 Å². The zero-order chi connectivity index (χ0) is 27.5. The second-order valence-corrected chi connectivity index (χ2v) is 18.2. The van der Waals surface area contributed by atoms with Crippen LogP contribution in [0.3, 0.4) is 0 Å². The molecular weight excluding hydrogens is 504 g/mol. The van der Waals surface area contributed by atoms with Crippen LogP contribution in [0.15, 0.2) is 0 Å². The van der Waals surface area contributed by atoms with Gasteiger partial charge in [0.15, 0.2) is 14.6 Å². The lowest BCUT2D eigenvalue weighted by molar-refractivity contribution is -0.147. The molecular formula is C29H52O8Si. The van der Waals surface area contributed by atoms with Crippen LogP contribution in [0.5, 0.6) is 0 Å². The van der Waals surface area contributed by atoms with Crippen molar-refractivity contribution in [1.29, 1.82) is 0 Å². The summed E-state index contributed by atoms with van der Waals surface area (Å²) in [7, 11) is -0.348. The lowest BCUT2D eigenvalue weighted by atomic mass is 9.77. The van der Waals surface area contributed by atoms with Gasteiger partial charge in [0.05, 0.1) is 38.4 Å². The fraction of sp³-hybridized carbons (Fsp3) is 0.966. The Balaban J connectivity index is 1.50. The molecule has 2 heterocycles. The van der Waals surface area contributed by atoms with Gasteiger partial charge in [0.2, 0.25) is 0 Å². The van der Waals surface area contributed by atoms with Crippen molar-refractivity contribution in [2.45, 2.75) is 109 Å². The normalized spacial score (nSPS) is 35.1. The first kappa shape index (κ1) is 30.4. The molecule has 8 nitrogen and oxygen atoms in total. The highest BCUT2D eigenvalue weighted by atomic mass is 28.4. The summed E-state index contributed by atoms with van der Waals surface area (Å²) < 4.78 is 41.7. The molecule has 0 N–H and O–H groups in total. The molecule has 38 heavy (non-hydrogen) atoms. The van der Waals surface area contributed by atoms with Crippen LogP contribution in [0.2, 0.25) is 18.1 Å². The SMILES string of the molecule is COCCOCO[C@H]1CC[C@@H]2[C@H]1C[C@H]1OC(=O)[C@H]([C@@H](C)CCC3OCCO3)[C@H]1C[C@@H]2O[Si](C)(C)C(C)(C)C. The van der Waals surface area contributed by atoms with Gasteiger partial charge in [-0.2, -0.15) is 0 Å². The number of ether oxygens (including phenoxy) is 6. The maximum atomic E-state index is 13.3. The molecule has 2 aliphatic heterocycles. The fourth-order valence-corrected chi connectivity index (χ4v) is 8.23. The number of carbonyl (C=O) groups is 1. The van der Waals surface area contributed by atoms with Crippen molar-refractivity contribution in [3.63, 3.8) is 0 Å². The van der Waals surface area contributed by atoms with Crippen molar-refractivity contribution >= 4 is 14.3 Å². The molecule has 4 rings (SSSR count). The predicted octanol–water partition coefficient (Wildman–Crippen LogP) is 5.15. The van der Waals surface area contributed by atoms with Crippen molar-refractivity contribution in [3.8, 4) is 0 Å². The molecule has 2 saturated carbocycles. The number of esters is 1. The van der Waals surface area contributed by atoms with E-state index < -0.39 is 8.32 Å². The van der Waals surface area contributed by atoms with Crippen molar-refractivity contribution in [3.05, 3.63) is 0 Å². The van der Waals surface area contributed by atoms with E-state index in [1.165, 1.54) is 0 Å². The number of hydrogen-bond donors (Lipinski definition) is 0. The monoisotopic (exact) mass is 556 g/mol. The summed E-state index contributed by atoms with van der Waals surface area (Å²) in [6.07, 6.45) is 5.50. The molecule has 0 aromatic carbocycles. The Morgan fingerprint density at radius 1 is 1.00 bits per heavy atom. The molecule has 4 fully saturated rings. The molecule has 0 amide bonds. The van der Waals surface area contributed by atoms with Gasteiger partial charge in [-0.1, -0.05) is 27.7 Å². The highest BCUT2D eigenvalue weighted by Crippen LogP contribution is 2.52. The van der Waals surface area contributed by atoms with Crippen LogP contribution in [0.1, 0.15) is 66.2 Å². The van der Waals surface area contributed by atoms with Gasteiger partial charge in [-0.05, 0) is 74.4 Å². The zero-order valence-electron chi connectivity index (χ0n) is 24.7. The van der Waals surface area contributed by atoms with Crippen LogP contribution in [-0.4, -0.2) is 79.2 Å². The third-order valence-electron chi connectivity index (χ3n) is 9.99. The minimum absolute atomic E-state index is 0.0383. The van der Waals surface area contributed by atoms with Crippen LogP contribution in [0.25, 0.3) is 0 Å². The van der Waals surface area contributed by atoms with Crippen LogP contribution >= 0.6 is 0 Å². The zero-order valence-corrected chi connectivity index (χ0v) is 25.7. The van der Waals surface area contributed by atoms with E-state index in [0.717, 1.165) is 38.5 Å². The maximum absolute atomic E-state index is 13.3. The van der Waals surface area contributed by atoms with Gasteiger partial charge in [0.25, 0.3) is 0 Å². The summed E-state index contributed by atoms with van der Waals surface area (Å²) in [4.78, 5) is 13.3. The summed E-state index contributed by atoms with van der Waals surface area (Å²) in [5.41, 5.74) is 0. The molecule has 2 saturated heterocycles. The molecule has 0 aromatic rings. The van der Waals surface area contributed by atoms with Gasteiger partial charge in [-0.3, -0.25) is 4.79 Å². The summed E-state index contributed by atoms with van der Waals surface area (Å²) in [5.74, 6) is 0.938. The van der Waals surface area contributed by atoms with E-state index in [4.69, 9.17) is 32.8 Å². The van der Waals surface area contributed by atoms with E-state index in [2.05, 4.69) is 40.8 Å². The Kier molecular flexibility index (Phi) is 10.4. The minimum atomic E-state index is -2.02. The third-order valence-corrected chi connectivity index (χ3v) is 14.5. The summed E-state index contributed by atoms with van der Waals surface area (Å²) in [5, 5.41) is 0.119.